The van der Waals surface area contributed by atoms with Crippen molar-refractivity contribution < 1.29 is 17.7 Å². The van der Waals surface area contributed by atoms with Crippen LogP contribution in [0.5, 0.6) is 5.75 Å². The van der Waals surface area contributed by atoms with Gasteiger partial charge in [-0.25, -0.2) is 0 Å². The van der Waals surface area contributed by atoms with Gasteiger partial charge >= 0.3 is 0 Å². The monoisotopic (exact) mass is 454 g/mol. The van der Waals surface area contributed by atoms with Crippen molar-refractivity contribution in [3.8, 4) is 5.75 Å². The second-order valence-electron chi connectivity index (χ2n) is 2.71. The molecule has 0 aromatic heterocycles. The van der Waals surface area contributed by atoms with E-state index in [2.05, 4.69) is 45.2 Å². The lowest BCUT2D eigenvalue weighted by Crippen LogP contribution is -2.13. The number of rotatable bonds is 4. The molecule has 0 aliphatic heterocycles. The van der Waals surface area contributed by atoms with E-state index in [4.69, 9.17) is 9.29 Å². The Morgan fingerprint density at radius 2 is 2.00 bits per heavy atom. The summed E-state index contributed by atoms with van der Waals surface area (Å²) in [6, 6.07) is 5.56. The van der Waals surface area contributed by atoms with Crippen molar-refractivity contribution in [2.24, 2.45) is 0 Å². The van der Waals surface area contributed by atoms with Gasteiger partial charge in [0.05, 0.1) is 3.57 Å². The highest BCUT2D eigenvalue weighted by atomic mass is 127. The number of halogens is 2. The van der Waals surface area contributed by atoms with E-state index in [0.717, 1.165) is 7.14 Å². The van der Waals surface area contributed by atoms with Crippen LogP contribution in [0, 0.1) is 7.14 Å². The molecule has 15 heavy (non-hydrogen) atoms. The number of hydrogen-bond acceptors (Lipinski definition) is 3. The van der Waals surface area contributed by atoms with Gasteiger partial charge in [0.1, 0.15) is 18.1 Å². The molecule has 0 unspecified atom stereocenters. The maximum absolute atomic E-state index is 10.4. The highest BCUT2D eigenvalue weighted by Gasteiger charge is 2.06. The minimum absolute atomic E-state index is 0.0462. The van der Waals surface area contributed by atoms with E-state index in [1.54, 1.807) is 6.07 Å². The summed E-state index contributed by atoms with van der Waals surface area (Å²) in [6.07, 6.45) is 0. The smallest absolute Gasteiger partial charge is 0.268 e. The normalized spacial score (nSPS) is 11.4. The first-order valence-electron chi connectivity index (χ1n) is 3.91. The zero-order valence-corrected chi connectivity index (χ0v) is 12.6. The third kappa shape index (κ3) is 5.31. The molecule has 0 atom stereocenters. The van der Waals surface area contributed by atoms with Crippen LogP contribution in [0.1, 0.15) is 0 Å². The van der Waals surface area contributed by atoms with E-state index in [1.165, 1.54) is 0 Å². The van der Waals surface area contributed by atoms with E-state index in [9.17, 15) is 8.42 Å². The predicted octanol–water partition coefficient (Wildman–Crippen LogP) is 2.16. The molecule has 7 heteroatoms. The molecule has 0 saturated carbocycles. The van der Waals surface area contributed by atoms with Gasteiger partial charge < -0.3 is 4.74 Å². The van der Waals surface area contributed by atoms with Gasteiger partial charge in [0.15, 0.2) is 0 Å². The van der Waals surface area contributed by atoms with Crippen molar-refractivity contribution >= 4 is 55.3 Å². The highest BCUT2D eigenvalue weighted by molar-refractivity contribution is 14.1. The molecule has 0 saturated heterocycles. The fraction of sp³-hybridized carbons (Fsp3) is 0.250. The Balaban J connectivity index is 2.59. The molecule has 0 heterocycles. The Hall–Kier alpha value is 0.390. The molecule has 0 spiro atoms. The zero-order chi connectivity index (χ0) is 11.5. The summed E-state index contributed by atoms with van der Waals surface area (Å²) in [5, 5.41) is 0. The highest BCUT2D eigenvalue weighted by Crippen LogP contribution is 2.22. The first-order chi connectivity index (χ1) is 6.88. The summed E-state index contributed by atoms with van der Waals surface area (Å²) in [7, 11) is -3.94. The van der Waals surface area contributed by atoms with Gasteiger partial charge in [0.2, 0.25) is 0 Å². The molecule has 0 amide bonds. The van der Waals surface area contributed by atoms with Gasteiger partial charge in [-0.3, -0.25) is 4.55 Å². The Kier molecular flexibility index (Phi) is 5.06. The molecule has 0 radical (unpaired) electrons. The van der Waals surface area contributed by atoms with Crippen molar-refractivity contribution in [2.75, 3.05) is 12.4 Å². The van der Waals surface area contributed by atoms with Crippen LogP contribution in [0.4, 0.5) is 0 Å². The number of benzene rings is 1. The van der Waals surface area contributed by atoms with Crippen molar-refractivity contribution in [3.05, 3.63) is 25.3 Å². The quantitative estimate of drug-likeness (QED) is 0.560. The van der Waals surface area contributed by atoms with Gasteiger partial charge in [0, 0.05) is 3.57 Å². The van der Waals surface area contributed by atoms with Gasteiger partial charge in [-0.2, -0.15) is 8.42 Å². The van der Waals surface area contributed by atoms with E-state index in [-0.39, 0.29) is 6.61 Å². The average Bonchev–Trinajstić information content (AvgIpc) is 2.07. The van der Waals surface area contributed by atoms with Crippen LogP contribution < -0.4 is 4.74 Å². The second kappa shape index (κ2) is 5.64. The van der Waals surface area contributed by atoms with E-state index >= 15 is 0 Å². The lowest BCUT2D eigenvalue weighted by Gasteiger charge is -2.07. The Morgan fingerprint density at radius 1 is 1.33 bits per heavy atom. The molecule has 1 rings (SSSR count). The summed E-state index contributed by atoms with van der Waals surface area (Å²) >= 11 is 4.28. The summed E-state index contributed by atoms with van der Waals surface area (Å²) in [6.45, 7) is -0.0462. The Morgan fingerprint density at radius 3 is 2.53 bits per heavy atom. The van der Waals surface area contributed by atoms with Gasteiger partial charge in [-0.05, 0) is 63.4 Å². The molecule has 4 nitrogen and oxygen atoms in total. The van der Waals surface area contributed by atoms with Gasteiger partial charge in [0.25, 0.3) is 10.1 Å². The summed E-state index contributed by atoms with van der Waals surface area (Å²) in [4.78, 5) is 0. The second-order valence-corrected chi connectivity index (χ2v) is 6.69. The van der Waals surface area contributed by atoms with Crippen LogP contribution in [0.2, 0.25) is 0 Å². The lowest BCUT2D eigenvalue weighted by molar-refractivity contribution is 0.333. The fourth-order valence-corrected chi connectivity index (χ4v) is 2.90. The third-order valence-electron chi connectivity index (χ3n) is 1.49. The van der Waals surface area contributed by atoms with Crippen LogP contribution >= 0.6 is 45.2 Å². The number of hydrogen-bond donors (Lipinski definition) is 1. The molecule has 1 aromatic rings. The predicted molar refractivity (Wildman–Crippen MR) is 73.8 cm³/mol. The molecule has 0 bridgehead atoms. The first kappa shape index (κ1) is 13.5. The van der Waals surface area contributed by atoms with Crippen molar-refractivity contribution in [1.29, 1.82) is 0 Å². The molecule has 84 valence electrons. The van der Waals surface area contributed by atoms with Gasteiger partial charge in [-0.15, -0.1) is 0 Å². The summed E-state index contributed by atoms with van der Waals surface area (Å²) < 4.78 is 36.6. The Bertz CT molecular complexity index is 444. The van der Waals surface area contributed by atoms with E-state index in [0.29, 0.717) is 5.75 Å². The van der Waals surface area contributed by atoms with E-state index in [1.807, 2.05) is 12.1 Å². The molecule has 0 fully saturated rings. The van der Waals surface area contributed by atoms with Crippen LogP contribution in [0.25, 0.3) is 0 Å². The molecule has 1 aromatic carbocycles. The van der Waals surface area contributed by atoms with Crippen LogP contribution in [-0.2, 0) is 10.1 Å². The first-order valence-corrected chi connectivity index (χ1v) is 7.68. The number of ether oxygens (including phenoxy) is 1. The molecule has 0 aliphatic carbocycles. The molecule has 0 aliphatic rings. The van der Waals surface area contributed by atoms with Crippen LogP contribution in [0.3, 0.4) is 0 Å². The van der Waals surface area contributed by atoms with Crippen molar-refractivity contribution in [2.45, 2.75) is 0 Å². The van der Waals surface area contributed by atoms with Crippen LogP contribution in [0.15, 0.2) is 18.2 Å². The van der Waals surface area contributed by atoms with Gasteiger partial charge in [-0.1, -0.05) is 0 Å². The van der Waals surface area contributed by atoms with E-state index < -0.39 is 15.9 Å². The van der Waals surface area contributed by atoms with Crippen molar-refractivity contribution in [1.82, 2.24) is 0 Å². The maximum atomic E-state index is 10.4. The molecule has 1 N–H and O–H groups in total. The minimum atomic E-state index is -3.94. The standard InChI is InChI=1S/C8H8I2O4S/c9-6-1-2-8(7(10)5-6)14-3-4-15(11,12)13/h1-2,5H,3-4H2,(H,11,12,13). The third-order valence-corrected chi connectivity index (χ3v) is 3.69. The average molecular weight is 454 g/mol. The summed E-state index contributed by atoms with van der Waals surface area (Å²) in [5.74, 6) is 0.231. The minimum Gasteiger partial charge on any atom is -0.491 e. The zero-order valence-electron chi connectivity index (χ0n) is 7.48. The van der Waals surface area contributed by atoms with Crippen molar-refractivity contribution in [3.63, 3.8) is 0 Å². The Labute approximate surface area is 115 Å². The summed E-state index contributed by atoms with van der Waals surface area (Å²) in [5.41, 5.74) is 0. The topological polar surface area (TPSA) is 63.6 Å². The SMILES string of the molecule is O=S(=O)(O)CCOc1ccc(I)cc1I. The maximum Gasteiger partial charge on any atom is 0.268 e. The lowest BCUT2D eigenvalue weighted by atomic mass is 10.3. The molecular weight excluding hydrogens is 446 g/mol. The largest absolute Gasteiger partial charge is 0.491 e. The fourth-order valence-electron chi connectivity index (χ4n) is 0.849. The van der Waals surface area contributed by atoms with Crippen LogP contribution in [-0.4, -0.2) is 25.3 Å². The molecular formula is C8H8I2O4S.